The van der Waals surface area contributed by atoms with Crippen molar-refractivity contribution in [2.45, 2.75) is 6.54 Å². The molecule has 2 N–H and O–H groups in total. The van der Waals surface area contributed by atoms with Gasteiger partial charge in [0, 0.05) is 18.4 Å². The third kappa shape index (κ3) is 6.60. The highest BCUT2D eigenvalue weighted by Gasteiger charge is 2.09. The van der Waals surface area contributed by atoms with E-state index in [1.54, 1.807) is 24.3 Å². The number of carbonyl (C=O) groups is 1. The Labute approximate surface area is 112 Å². The Morgan fingerprint density at radius 2 is 2.16 bits per heavy atom. The van der Waals surface area contributed by atoms with Crippen molar-refractivity contribution in [3.63, 3.8) is 0 Å². The normalized spacial score (nSPS) is 10.4. The topological polar surface area (TPSA) is 83.5 Å². The molecule has 0 aliphatic rings. The van der Waals surface area contributed by atoms with Gasteiger partial charge in [0.05, 0.1) is 0 Å². The number of benzene rings is 1. The molecule has 1 amide bonds. The van der Waals surface area contributed by atoms with E-state index in [0.717, 1.165) is 17.4 Å². The molecule has 0 aromatic heterocycles. The molecule has 1 aromatic rings. The molecule has 5 nitrogen and oxygen atoms in total. The van der Waals surface area contributed by atoms with Gasteiger partial charge in [0.15, 0.2) is 9.84 Å². The predicted molar refractivity (Wildman–Crippen MR) is 72.0 cm³/mol. The first-order valence-corrected chi connectivity index (χ1v) is 7.60. The van der Waals surface area contributed by atoms with Crippen LogP contribution in [0.4, 0.5) is 0 Å². The van der Waals surface area contributed by atoms with E-state index in [4.69, 9.17) is 5.11 Å². The number of carbonyl (C=O) groups excluding carboxylic acids is 1. The number of hydrogen-bond acceptors (Lipinski definition) is 4. The molecule has 6 heteroatoms. The second kappa shape index (κ2) is 6.92. The summed E-state index contributed by atoms with van der Waals surface area (Å²) in [6.45, 7) is 0.0261. The highest BCUT2D eigenvalue weighted by atomic mass is 32.2. The van der Waals surface area contributed by atoms with Crippen molar-refractivity contribution in [2.75, 3.05) is 18.6 Å². The monoisotopic (exact) mass is 281 g/mol. The van der Waals surface area contributed by atoms with Crippen LogP contribution in [0.2, 0.25) is 0 Å². The summed E-state index contributed by atoms with van der Waals surface area (Å²) in [5, 5.41) is 11.1. The summed E-state index contributed by atoms with van der Waals surface area (Å²) in [7, 11) is -3.31. The molecule has 0 aliphatic carbocycles. The Kier molecular flexibility index (Phi) is 5.55. The maximum absolute atomic E-state index is 11.3. The van der Waals surface area contributed by atoms with Gasteiger partial charge in [-0.2, -0.15) is 0 Å². The fourth-order valence-electron chi connectivity index (χ4n) is 1.39. The minimum absolute atomic E-state index is 0.213. The smallest absolute Gasteiger partial charge is 0.235 e. The summed E-state index contributed by atoms with van der Waals surface area (Å²) < 4.78 is 21.8. The van der Waals surface area contributed by atoms with Crippen LogP contribution in [0.25, 0.3) is 0 Å². The highest BCUT2D eigenvalue weighted by molar-refractivity contribution is 7.91. The van der Waals surface area contributed by atoms with Gasteiger partial charge in [-0.15, -0.1) is 0 Å². The summed E-state index contributed by atoms with van der Waals surface area (Å²) >= 11 is 0. The molecule has 1 aromatic carbocycles. The van der Waals surface area contributed by atoms with E-state index in [1.807, 2.05) is 0 Å². The zero-order chi connectivity index (χ0) is 14.3. The Bertz CT molecular complexity index is 611. The van der Waals surface area contributed by atoms with Gasteiger partial charge >= 0.3 is 0 Å². The van der Waals surface area contributed by atoms with Crippen LogP contribution < -0.4 is 5.32 Å². The lowest BCUT2D eigenvalue weighted by atomic mass is 10.1. The first-order valence-electron chi connectivity index (χ1n) is 5.54. The molecule has 102 valence electrons. The number of aliphatic hydroxyl groups is 1. The fraction of sp³-hybridized carbons (Fsp3) is 0.308. The molecule has 1 rings (SSSR count). The SMILES string of the molecule is CS(=O)(=O)CC(=O)NCc1cccc(C#CCO)c1. The van der Waals surface area contributed by atoms with Crippen molar-refractivity contribution in [3.8, 4) is 11.8 Å². The summed E-state index contributed by atoms with van der Waals surface area (Å²) in [5.41, 5.74) is 1.54. The van der Waals surface area contributed by atoms with Gasteiger partial charge in [-0.1, -0.05) is 24.0 Å². The van der Waals surface area contributed by atoms with Gasteiger partial charge in [0.1, 0.15) is 12.4 Å². The largest absolute Gasteiger partial charge is 0.384 e. The first-order chi connectivity index (χ1) is 8.90. The van der Waals surface area contributed by atoms with E-state index in [0.29, 0.717) is 0 Å². The number of hydrogen-bond donors (Lipinski definition) is 2. The van der Waals surface area contributed by atoms with Gasteiger partial charge in [-0.3, -0.25) is 4.79 Å². The molecule has 0 saturated heterocycles. The number of rotatable bonds is 4. The minimum Gasteiger partial charge on any atom is -0.384 e. The van der Waals surface area contributed by atoms with Crippen molar-refractivity contribution in [1.82, 2.24) is 5.32 Å². The third-order valence-corrected chi connectivity index (χ3v) is 2.91. The first kappa shape index (κ1) is 15.2. The van der Waals surface area contributed by atoms with Crippen LogP contribution >= 0.6 is 0 Å². The van der Waals surface area contributed by atoms with Crippen molar-refractivity contribution < 1.29 is 18.3 Å². The van der Waals surface area contributed by atoms with Crippen LogP contribution in [-0.2, 0) is 21.2 Å². The lowest BCUT2D eigenvalue weighted by molar-refractivity contribution is -0.118. The molecule has 0 atom stereocenters. The second-order valence-electron chi connectivity index (χ2n) is 4.01. The van der Waals surface area contributed by atoms with Gasteiger partial charge in [0.25, 0.3) is 0 Å². The molecule has 0 fully saturated rings. The van der Waals surface area contributed by atoms with Gasteiger partial charge in [-0.05, 0) is 17.7 Å². The van der Waals surface area contributed by atoms with Crippen LogP contribution in [0.15, 0.2) is 24.3 Å². The van der Waals surface area contributed by atoms with E-state index in [2.05, 4.69) is 17.2 Å². The average molecular weight is 281 g/mol. The maximum Gasteiger partial charge on any atom is 0.235 e. The molecule has 0 radical (unpaired) electrons. The van der Waals surface area contributed by atoms with Crippen LogP contribution in [0.3, 0.4) is 0 Å². The Morgan fingerprint density at radius 1 is 1.42 bits per heavy atom. The Morgan fingerprint density at radius 3 is 2.79 bits per heavy atom. The fourth-order valence-corrected chi connectivity index (χ4v) is 1.97. The average Bonchev–Trinajstić information content (AvgIpc) is 2.32. The second-order valence-corrected chi connectivity index (χ2v) is 6.15. The standard InChI is InChI=1S/C13H15NO4S/c1-19(17,18)10-13(16)14-9-12-5-2-4-11(8-12)6-3-7-15/h2,4-5,8,15H,7,9-10H2,1H3,(H,14,16). The van der Waals surface area contributed by atoms with Crippen molar-refractivity contribution >= 4 is 15.7 Å². The Balaban J connectivity index is 2.61. The third-order valence-electron chi connectivity index (χ3n) is 2.12. The number of nitrogens with one attached hydrogen (secondary N) is 1. The number of sulfone groups is 1. The van der Waals surface area contributed by atoms with Gasteiger partial charge in [0.2, 0.25) is 5.91 Å². The molecule has 0 heterocycles. The van der Waals surface area contributed by atoms with Gasteiger partial charge < -0.3 is 10.4 Å². The highest BCUT2D eigenvalue weighted by Crippen LogP contribution is 2.03. The van der Waals surface area contributed by atoms with E-state index in [-0.39, 0.29) is 13.2 Å². The molecule has 0 unspecified atom stereocenters. The summed E-state index contributed by atoms with van der Waals surface area (Å²) in [6, 6.07) is 7.12. The molecule has 0 saturated carbocycles. The molecular formula is C13H15NO4S. The summed E-state index contributed by atoms with van der Waals surface area (Å²) in [6.07, 6.45) is 1.01. The Hall–Kier alpha value is -1.84. The molecule has 19 heavy (non-hydrogen) atoms. The summed E-state index contributed by atoms with van der Waals surface area (Å²) in [5.74, 6) is 4.23. The summed E-state index contributed by atoms with van der Waals surface area (Å²) in [4.78, 5) is 11.3. The van der Waals surface area contributed by atoms with Crippen LogP contribution in [0, 0.1) is 11.8 Å². The van der Waals surface area contributed by atoms with E-state index < -0.39 is 21.5 Å². The predicted octanol–water partition coefficient (Wildman–Crippen LogP) is -0.309. The van der Waals surface area contributed by atoms with E-state index in [9.17, 15) is 13.2 Å². The molecule has 0 bridgehead atoms. The van der Waals surface area contributed by atoms with E-state index >= 15 is 0 Å². The molecular weight excluding hydrogens is 266 g/mol. The van der Waals surface area contributed by atoms with Crippen LogP contribution in [0.1, 0.15) is 11.1 Å². The van der Waals surface area contributed by atoms with Crippen LogP contribution in [0.5, 0.6) is 0 Å². The van der Waals surface area contributed by atoms with Crippen molar-refractivity contribution in [2.24, 2.45) is 0 Å². The lowest BCUT2D eigenvalue weighted by Crippen LogP contribution is -2.29. The van der Waals surface area contributed by atoms with Crippen molar-refractivity contribution in [3.05, 3.63) is 35.4 Å². The van der Waals surface area contributed by atoms with Gasteiger partial charge in [-0.25, -0.2) is 8.42 Å². The quantitative estimate of drug-likeness (QED) is 0.742. The lowest BCUT2D eigenvalue weighted by Gasteiger charge is -2.05. The zero-order valence-electron chi connectivity index (χ0n) is 10.5. The zero-order valence-corrected chi connectivity index (χ0v) is 11.3. The minimum atomic E-state index is -3.31. The number of amides is 1. The number of aliphatic hydroxyl groups excluding tert-OH is 1. The van der Waals surface area contributed by atoms with Crippen LogP contribution in [-0.4, -0.2) is 38.0 Å². The molecule has 0 aliphatic heterocycles. The molecule has 0 spiro atoms. The maximum atomic E-state index is 11.3. The van der Waals surface area contributed by atoms with Crippen molar-refractivity contribution in [1.29, 1.82) is 0 Å². The van der Waals surface area contributed by atoms with E-state index in [1.165, 1.54) is 0 Å².